The summed E-state index contributed by atoms with van der Waals surface area (Å²) in [5, 5.41) is 4.13. The Labute approximate surface area is 152 Å². The number of imidazole rings is 1. The zero-order valence-corrected chi connectivity index (χ0v) is 15.0. The van der Waals surface area contributed by atoms with Crippen LogP contribution in [0.3, 0.4) is 0 Å². The monoisotopic (exact) mass is 346 g/mol. The first kappa shape index (κ1) is 16.4. The molecule has 2 aromatic heterocycles. The van der Waals surface area contributed by atoms with Gasteiger partial charge in [-0.2, -0.15) is 0 Å². The fraction of sp³-hybridized carbons (Fsp3) is 0.238. The van der Waals surface area contributed by atoms with Gasteiger partial charge in [-0.3, -0.25) is 4.79 Å². The molecule has 132 valence electrons. The quantitative estimate of drug-likeness (QED) is 0.537. The third-order valence-corrected chi connectivity index (χ3v) is 4.96. The normalized spacial score (nSPS) is 11.3. The van der Waals surface area contributed by atoms with Crippen molar-refractivity contribution in [1.29, 1.82) is 0 Å². The molecule has 0 radical (unpaired) electrons. The summed E-state index contributed by atoms with van der Waals surface area (Å²) in [5.41, 5.74) is 6.24. The van der Waals surface area contributed by atoms with Crippen molar-refractivity contribution in [3.05, 3.63) is 65.6 Å². The number of para-hydroxylation sites is 2. The number of carbonyl (C=O) groups excluding carboxylic acids is 1. The second kappa shape index (κ2) is 6.67. The van der Waals surface area contributed by atoms with Gasteiger partial charge >= 0.3 is 0 Å². The van der Waals surface area contributed by atoms with Gasteiger partial charge < -0.3 is 14.9 Å². The van der Waals surface area contributed by atoms with Gasteiger partial charge in [-0.1, -0.05) is 12.1 Å². The Balaban J connectivity index is 1.37. The molecule has 4 aromatic rings. The van der Waals surface area contributed by atoms with Gasteiger partial charge in [0.2, 0.25) is 0 Å². The average Bonchev–Trinajstić information content (AvgIpc) is 3.19. The zero-order chi connectivity index (χ0) is 18.1. The minimum Gasteiger partial charge on any atom is -0.358 e. The summed E-state index contributed by atoms with van der Waals surface area (Å²) < 4.78 is 2.12. The minimum atomic E-state index is -0.0272. The third kappa shape index (κ3) is 2.96. The molecule has 2 heterocycles. The van der Waals surface area contributed by atoms with Crippen molar-refractivity contribution in [3.63, 3.8) is 0 Å². The van der Waals surface area contributed by atoms with Gasteiger partial charge in [0.05, 0.1) is 17.4 Å². The Morgan fingerprint density at radius 1 is 1.19 bits per heavy atom. The number of fused-ring (bicyclic) bond motifs is 2. The molecular formula is C21H22N4O. The van der Waals surface area contributed by atoms with E-state index in [1.54, 1.807) is 0 Å². The molecule has 0 atom stereocenters. The van der Waals surface area contributed by atoms with Crippen molar-refractivity contribution < 1.29 is 4.79 Å². The summed E-state index contributed by atoms with van der Waals surface area (Å²) in [4.78, 5) is 20.2. The Kier molecular flexibility index (Phi) is 4.21. The number of aromatic amines is 1. The smallest absolute Gasteiger partial charge is 0.251 e. The molecule has 5 nitrogen and oxygen atoms in total. The lowest BCUT2D eigenvalue weighted by molar-refractivity contribution is 0.0953. The zero-order valence-electron chi connectivity index (χ0n) is 15.0. The van der Waals surface area contributed by atoms with Crippen LogP contribution in [0.15, 0.2) is 48.8 Å². The second-order valence-electron chi connectivity index (χ2n) is 6.67. The van der Waals surface area contributed by atoms with Gasteiger partial charge in [-0.05, 0) is 56.2 Å². The molecule has 4 rings (SSSR count). The Morgan fingerprint density at radius 3 is 2.92 bits per heavy atom. The fourth-order valence-corrected chi connectivity index (χ4v) is 3.34. The lowest BCUT2D eigenvalue weighted by Gasteiger charge is -2.07. The van der Waals surface area contributed by atoms with Gasteiger partial charge in [0, 0.05) is 35.2 Å². The van der Waals surface area contributed by atoms with E-state index in [-0.39, 0.29) is 5.91 Å². The maximum absolute atomic E-state index is 12.4. The molecule has 0 spiro atoms. The summed E-state index contributed by atoms with van der Waals surface area (Å²) in [6, 6.07) is 13.9. The number of aryl methyl sites for hydroxylation is 3. The van der Waals surface area contributed by atoms with Crippen LogP contribution in [-0.2, 0) is 6.54 Å². The number of carbonyl (C=O) groups is 1. The Bertz CT molecular complexity index is 1090. The Morgan fingerprint density at radius 2 is 2.04 bits per heavy atom. The summed E-state index contributed by atoms with van der Waals surface area (Å²) in [6.45, 7) is 5.59. The molecule has 2 aromatic carbocycles. The molecule has 0 bridgehead atoms. The van der Waals surface area contributed by atoms with Crippen LogP contribution in [0.2, 0.25) is 0 Å². The number of H-pyrrole nitrogens is 1. The van der Waals surface area contributed by atoms with Crippen LogP contribution < -0.4 is 5.32 Å². The second-order valence-corrected chi connectivity index (χ2v) is 6.67. The third-order valence-electron chi connectivity index (χ3n) is 4.96. The highest BCUT2D eigenvalue weighted by molar-refractivity contribution is 5.99. The topological polar surface area (TPSA) is 62.7 Å². The van der Waals surface area contributed by atoms with Crippen LogP contribution in [0.4, 0.5) is 0 Å². The molecule has 0 aliphatic carbocycles. The Hall–Kier alpha value is -3.08. The number of hydrogen-bond donors (Lipinski definition) is 2. The molecule has 26 heavy (non-hydrogen) atoms. The van der Waals surface area contributed by atoms with Crippen LogP contribution in [0.1, 0.15) is 28.0 Å². The van der Waals surface area contributed by atoms with E-state index >= 15 is 0 Å². The molecule has 0 saturated carbocycles. The number of hydrogen-bond acceptors (Lipinski definition) is 2. The molecular weight excluding hydrogens is 324 g/mol. The van der Waals surface area contributed by atoms with E-state index in [1.807, 2.05) is 42.7 Å². The highest BCUT2D eigenvalue weighted by Crippen LogP contribution is 2.22. The van der Waals surface area contributed by atoms with E-state index in [0.29, 0.717) is 12.1 Å². The number of rotatable bonds is 5. The predicted molar refractivity (Wildman–Crippen MR) is 104 cm³/mol. The fourth-order valence-electron chi connectivity index (χ4n) is 3.34. The standard InChI is InChI=1S/C21H22N4O/c1-14-15(2)24-18-9-8-16(12-17(14)18)21(26)22-10-5-11-25-13-23-19-6-3-4-7-20(19)25/h3-4,6-9,12-13,24H,5,10-11H2,1-2H3,(H,22,26). The molecule has 0 fully saturated rings. The highest BCUT2D eigenvalue weighted by atomic mass is 16.1. The van der Waals surface area contributed by atoms with E-state index in [9.17, 15) is 4.79 Å². The number of benzene rings is 2. The molecule has 0 unspecified atom stereocenters. The van der Waals surface area contributed by atoms with Crippen molar-refractivity contribution in [2.45, 2.75) is 26.8 Å². The van der Waals surface area contributed by atoms with Crippen molar-refractivity contribution >= 4 is 27.8 Å². The molecule has 2 N–H and O–H groups in total. The van der Waals surface area contributed by atoms with Gasteiger partial charge in [-0.25, -0.2) is 4.98 Å². The molecule has 5 heteroatoms. The summed E-state index contributed by atoms with van der Waals surface area (Å²) >= 11 is 0. The highest BCUT2D eigenvalue weighted by Gasteiger charge is 2.09. The maximum Gasteiger partial charge on any atom is 0.251 e. The average molecular weight is 346 g/mol. The largest absolute Gasteiger partial charge is 0.358 e. The predicted octanol–water partition coefficient (Wildman–Crippen LogP) is 3.95. The van der Waals surface area contributed by atoms with Crippen molar-refractivity contribution in [2.24, 2.45) is 0 Å². The van der Waals surface area contributed by atoms with E-state index in [1.165, 1.54) is 5.56 Å². The maximum atomic E-state index is 12.4. The number of nitrogens with zero attached hydrogens (tertiary/aromatic N) is 2. The van der Waals surface area contributed by atoms with Crippen LogP contribution in [-0.4, -0.2) is 27.0 Å². The van der Waals surface area contributed by atoms with Crippen molar-refractivity contribution in [3.8, 4) is 0 Å². The lowest BCUT2D eigenvalue weighted by atomic mass is 10.1. The van der Waals surface area contributed by atoms with Crippen LogP contribution in [0, 0.1) is 13.8 Å². The summed E-state index contributed by atoms with van der Waals surface area (Å²) in [5.74, 6) is -0.0272. The number of nitrogens with one attached hydrogen (secondary N) is 2. The van der Waals surface area contributed by atoms with E-state index in [2.05, 4.69) is 39.8 Å². The van der Waals surface area contributed by atoms with Crippen molar-refractivity contribution in [2.75, 3.05) is 6.54 Å². The van der Waals surface area contributed by atoms with E-state index in [4.69, 9.17) is 0 Å². The summed E-state index contributed by atoms with van der Waals surface area (Å²) in [7, 11) is 0. The van der Waals surface area contributed by atoms with E-state index in [0.717, 1.165) is 40.6 Å². The van der Waals surface area contributed by atoms with Gasteiger partial charge in [0.15, 0.2) is 0 Å². The molecule has 0 aliphatic heterocycles. The molecule has 0 aliphatic rings. The molecule has 0 saturated heterocycles. The van der Waals surface area contributed by atoms with Crippen molar-refractivity contribution in [1.82, 2.24) is 19.9 Å². The number of amides is 1. The van der Waals surface area contributed by atoms with Gasteiger partial charge in [-0.15, -0.1) is 0 Å². The van der Waals surface area contributed by atoms with Crippen LogP contribution >= 0.6 is 0 Å². The first-order valence-corrected chi connectivity index (χ1v) is 8.90. The number of aromatic nitrogens is 3. The molecule has 1 amide bonds. The van der Waals surface area contributed by atoms with Gasteiger partial charge in [0.1, 0.15) is 0 Å². The first-order chi connectivity index (χ1) is 12.6. The lowest BCUT2D eigenvalue weighted by Crippen LogP contribution is -2.25. The van der Waals surface area contributed by atoms with Gasteiger partial charge in [0.25, 0.3) is 5.91 Å². The SMILES string of the molecule is Cc1[nH]c2ccc(C(=O)NCCCn3cnc4ccccc43)cc2c1C. The first-order valence-electron chi connectivity index (χ1n) is 8.90. The van der Waals surface area contributed by atoms with E-state index < -0.39 is 0 Å². The van der Waals surface area contributed by atoms with Crippen LogP contribution in [0.25, 0.3) is 21.9 Å². The summed E-state index contributed by atoms with van der Waals surface area (Å²) in [6.07, 6.45) is 2.72. The minimum absolute atomic E-state index is 0.0272. The van der Waals surface area contributed by atoms with Crippen LogP contribution in [0.5, 0.6) is 0 Å².